The van der Waals surface area contributed by atoms with Crippen LogP contribution in [0.15, 0.2) is 29.3 Å². The molecule has 4 rings (SSSR count). The van der Waals surface area contributed by atoms with Crippen molar-refractivity contribution in [1.29, 1.82) is 15.8 Å². The van der Waals surface area contributed by atoms with E-state index in [9.17, 15) is 20.6 Å². The molecule has 0 aliphatic heterocycles. The second-order valence-electron chi connectivity index (χ2n) is 9.02. The molecule has 3 aromatic rings. The van der Waals surface area contributed by atoms with Crippen LogP contribution in [0.25, 0.3) is 11.1 Å². The molecule has 2 aromatic heterocycles. The lowest BCUT2D eigenvalue weighted by Crippen LogP contribution is -2.12. The molecule has 3 N–H and O–H groups in total. The summed E-state index contributed by atoms with van der Waals surface area (Å²) in [6, 6.07) is 14.2. The number of nitrogens with zero attached hydrogens (tertiary/aromatic N) is 4. The van der Waals surface area contributed by atoms with Crippen molar-refractivity contribution in [3.05, 3.63) is 57.0 Å². The number of anilines is 2. The lowest BCUT2D eigenvalue weighted by molar-refractivity contribution is -0.115. The van der Waals surface area contributed by atoms with Crippen molar-refractivity contribution in [3.63, 3.8) is 0 Å². The number of hydrogen-bond donors (Lipinski definition) is 2. The highest BCUT2D eigenvalue weighted by Crippen LogP contribution is 2.39. The van der Waals surface area contributed by atoms with Crippen LogP contribution >= 0.6 is 23.1 Å². The van der Waals surface area contributed by atoms with Crippen molar-refractivity contribution in [2.24, 2.45) is 5.92 Å². The normalized spacial score (nSPS) is 14.2. The Hall–Kier alpha value is -3.84. The van der Waals surface area contributed by atoms with Gasteiger partial charge in [0, 0.05) is 22.6 Å². The van der Waals surface area contributed by atoms with Gasteiger partial charge in [0.2, 0.25) is 5.91 Å². The Morgan fingerprint density at radius 2 is 1.86 bits per heavy atom. The third kappa shape index (κ3) is 5.47. The van der Waals surface area contributed by atoms with Crippen LogP contribution in [0.2, 0.25) is 0 Å². The number of aromatic nitrogens is 1. The number of thioether (sulfide) groups is 1. The Labute approximate surface area is 224 Å². The van der Waals surface area contributed by atoms with Crippen LogP contribution in [0, 0.1) is 39.9 Å². The second-order valence-corrected chi connectivity index (χ2v) is 11.2. The molecule has 0 saturated heterocycles. The van der Waals surface area contributed by atoms with E-state index in [1.807, 2.05) is 24.3 Å². The summed E-state index contributed by atoms with van der Waals surface area (Å²) >= 11 is 2.75. The minimum Gasteiger partial charge on any atom is -0.383 e. The van der Waals surface area contributed by atoms with Gasteiger partial charge in [-0.3, -0.25) is 4.79 Å². The van der Waals surface area contributed by atoms with E-state index in [1.165, 1.54) is 28.0 Å². The molecule has 0 spiro atoms. The van der Waals surface area contributed by atoms with Gasteiger partial charge in [-0.2, -0.15) is 15.8 Å². The van der Waals surface area contributed by atoms with E-state index in [0.717, 1.165) is 42.4 Å². The molecule has 37 heavy (non-hydrogen) atoms. The zero-order valence-corrected chi connectivity index (χ0v) is 22.4. The quantitative estimate of drug-likeness (QED) is 0.370. The number of fused-ring (bicyclic) bond motifs is 1. The minimum atomic E-state index is -0.203. The molecule has 1 aromatic carbocycles. The van der Waals surface area contributed by atoms with Gasteiger partial charge in [0.05, 0.1) is 11.1 Å². The molecule has 186 valence electrons. The van der Waals surface area contributed by atoms with Crippen molar-refractivity contribution in [1.82, 2.24) is 4.98 Å². The summed E-state index contributed by atoms with van der Waals surface area (Å²) < 4.78 is 0. The van der Waals surface area contributed by atoms with Crippen molar-refractivity contribution in [3.8, 4) is 29.3 Å². The first-order valence-electron chi connectivity index (χ1n) is 12.1. The largest absolute Gasteiger partial charge is 0.383 e. The molecule has 1 aliphatic rings. The van der Waals surface area contributed by atoms with E-state index in [2.05, 4.69) is 42.4 Å². The summed E-state index contributed by atoms with van der Waals surface area (Å²) in [4.78, 5) is 18.2. The third-order valence-corrected chi connectivity index (χ3v) is 8.66. The van der Waals surface area contributed by atoms with Crippen molar-refractivity contribution in [2.75, 3.05) is 16.8 Å². The molecular formula is C28H26N6OS2. The number of amides is 1. The van der Waals surface area contributed by atoms with Crippen molar-refractivity contribution in [2.45, 2.75) is 51.0 Å². The van der Waals surface area contributed by atoms with Gasteiger partial charge in [-0.15, -0.1) is 23.1 Å². The monoisotopic (exact) mass is 526 g/mol. The standard InChI is InChI=1S/C28H26N6OS2/c1-3-17-5-7-18(8-6-17)25-21(14-30)26(32)34-27(22(25)15-31)36-11-10-24(35)33-28-20(13-29)19-9-4-16(2)12-23(19)37-28/h5-8,16H,3-4,9-12H2,1-2H3,(H2,32,34)(H,33,35). The summed E-state index contributed by atoms with van der Waals surface area (Å²) in [6.45, 7) is 4.26. The SMILES string of the molecule is CCc1ccc(-c2c(C#N)c(N)nc(SCCC(=O)Nc3sc4c(c3C#N)CCC(C)C4)c2C#N)cc1. The number of thiophene rings is 1. The molecular weight excluding hydrogens is 500 g/mol. The summed E-state index contributed by atoms with van der Waals surface area (Å²) in [7, 11) is 0. The highest BCUT2D eigenvalue weighted by Gasteiger charge is 2.25. The lowest BCUT2D eigenvalue weighted by Gasteiger charge is -2.17. The molecule has 1 amide bonds. The molecule has 7 nitrogen and oxygen atoms in total. The maximum atomic E-state index is 12.7. The van der Waals surface area contributed by atoms with Crippen LogP contribution in [0.3, 0.4) is 0 Å². The average molecular weight is 527 g/mol. The van der Waals surface area contributed by atoms with Gasteiger partial charge in [-0.25, -0.2) is 4.98 Å². The smallest absolute Gasteiger partial charge is 0.225 e. The molecule has 1 aliphatic carbocycles. The first-order chi connectivity index (χ1) is 17.9. The Morgan fingerprint density at radius 1 is 1.16 bits per heavy atom. The second kappa shape index (κ2) is 11.5. The molecule has 0 radical (unpaired) electrons. The first kappa shape index (κ1) is 26.2. The maximum absolute atomic E-state index is 12.7. The summed E-state index contributed by atoms with van der Waals surface area (Å²) in [6.07, 6.45) is 3.90. The van der Waals surface area contributed by atoms with Gasteiger partial charge in [-0.05, 0) is 48.3 Å². The van der Waals surface area contributed by atoms with Gasteiger partial charge < -0.3 is 11.1 Å². The van der Waals surface area contributed by atoms with Gasteiger partial charge >= 0.3 is 0 Å². The van der Waals surface area contributed by atoms with Crippen molar-refractivity contribution < 1.29 is 4.79 Å². The number of rotatable bonds is 7. The predicted octanol–water partition coefficient (Wildman–Crippen LogP) is 5.82. The minimum absolute atomic E-state index is 0.0556. The van der Waals surface area contributed by atoms with Gasteiger partial charge in [0.15, 0.2) is 0 Å². The summed E-state index contributed by atoms with van der Waals surface area (Å²) in [5, 5.41) is 33.3. The van der Waals surface area contributed by atoms with E-state index < -0.39 is 0 Å². The molecule has 1 unspecified atom stereocenters. The summed E-state index contributed by atoms with van der Waals surface area (Å²) in [5.74, 6) is 0.789. The van der Waals surface area contributed by atoms with E-state index in [4.69, 9.17) is 5.73 Å². The van der Waals surface area contributed by atoms with Crippen LogP contribution in [0.5, 0.6) is 0 Å². The number of nitrogens with two attached hydrogens (primary N) is 1. The Kier molecular flexibility index (Phi) is 8.14. The van der Waals surface area contributed by atoms with E-state index >= 15 is 0 Å². The molecule has 0 saturated carbocycles. The highest BCUT2D eigenvalue weighted by molar-refractivity contribution is 7.99. The van der Waals surface area contributed by atoms with Gasteiger partial charge in [-0.1, -0.05) is 38.1 Å². The summed E-state index contributed by atoms with van der Waals surface area (Å²) in [5.41, 5.74) is 10.5. The van der Waals surface area contributed by atoms with Crippen LogP contribution in [-0.2, 0) is 24.1 Å². The number of aryl methyl sites for hydroxylation is 1. The Morgan fingerprint density at radius 3 is 2.51 bits per heavy atom. The van der Waals surface area contributed by atoms with E-state index in [0.29, 0.717) is 32.8 Å². The Bertz CT molecular complexity index is 1470. The number of nitriles is 3. The van der Waals surface area contributed by atoms with Gasteiger partial charge in [0.25, 0.3) is 0 Å². The zero-order chi connectivity index (χ0) is 26.5. The van der Waals surface area contributed by atoms with Crippen LogP contribution in [0.1, 0.15) is 59.4 Å². The number of pyridine rings is 1. The molecule has 2 heterocycles. The van der Waals surface area contributed by atoms with Gasteiger partial charge in [0.1, 0.15) is 39.6 Å². The number of carbonyl (C=O) groups excluding carboxylic acids is 1. The topological polar surface area (TPSA) is 139 Å². The van der Waals surface area contributed by atoms with Crippen LogP contribution in [-0.4, -0.2) is 16.6 Å². The Balaban J connectivity index is 1.51. The zero-order valence-electron chi connectivity index (χ0n) is 20.7. The fourth-order valence-electron chi connectivity index (χ4n) is 4.49. The number of nitrogens with one attached hydrogen (secondary N) is 1. The fraction of sp³-hybridized carbons (Fsp3) is 0.321. The molecule has 0 bridgehead atoms. The predicted molar refractivity (Wildman–Crippen MR) is 147 cm³/mol. The fourth-order valence-corrected chi connectivity index (χ4v) is 6.80. The maximum Gasteiger partial charge on any atom is 0.225 e. The number of hydrogen-bond acceptors (Lipinski definition) is 8. The first-order valence-corrected chi connectivity index (χ1v) is 13.9. The highest BCUT2D eigenvalue weighted by atomic mass is 32.2. The van der Waals surface area contributed by atoms with E-state index in [-0.39, 0.29) is 29.3 Å². The number of benzene rings is 1. The number of nitrogen functional groups attached to an aromatic ring is 1. The number of carbonyl (C=O) groups is 1. The lowest BCUT2D eigenvalue weighted by atomic mass is 9.89. The average Bonchev–Trinajstić information content (AvgIpc) is 3.23. The molecule has 0 fully saturated rings. The van der Waals surface area contributed by atoms with Crippen LogP contribution < -0.4 is 11.1 Å². The molecule has 9 heteroatoms. The third-order valence-electron chi connectivity index (χ3n) is 6.51. The molecule has 1 atom stereocenters. The van der Waals surface area contributed by atoms with Crippen molar-refractivity contribution >= 4 is 39.8 Å². The van der Waals surface area contributed by atoms with Crippen LogP contribution in [0.4, 0.5) is 10.8 Å². The van der Waals surface area contributed by atoms with E-state index in [1.54, 1.807) is 0 Å².